The number of ether oxygens (including phenoxy) is 2. The Bertz CT molecular complexity index is 1820. The van der Waals surface area contributed by atoms with Gasteiger partial charge in [-0.3, -0.25) is 24.0 Å². The fourth-order valence-corrected chi connectivity index (χ4v) is 8.38. The first kappa shape index (κ1) is 38.4. The van der Waals surface area contributed by atoms with Crippen LogP contribution in [-0.2, 0) is 47.0 Å². The van der Waals surface area contributed by atoms with Crippen LogP contribution in [0.4, 0.5) is 22.8 Å². The van der Waals surface area contributed by atoms with Gasteiger partial charge in [0, 0.05) is 37.3 Å². The van der Waals surface area contributed by atoms with Gasteiger partial charge in [-0.25, -0.2) is 31.2 Å². The number of rotatable bonds is 5. The van der Waals surface area contributed by atoms with Crippen LogP contribution in [0.25, 0.3) is 0 Å². The summed E-state index contributed by atoms with van der Waals surface area (Å²) >= 11 is 0. The van der Waals surface area contributed by atoms with Gasteiger partial charge in [0.15, 0.2) is 0 Å². The number of halogens is 3. The van der Waals surface area contributed by atoms with E-state index in [-0.39, 0.29) is 38.9 Å². The van der Waals surface area contributed by atoms with Gasteiger partial charge in [0.05, 0.1) is 18.3 Å². The lowest BCUT2D eigenvalue weighted by Gasteiger charge is -2.31. The Hall–Kier alpha value is -4.35. The molecule has 3 heterocycles. The topological polar surface area (TPSA) is 181 Å². The first-order chi connectivity index (χ1) is 24.8. The number of hydrogen-bond acceptors (Lipinski definition) is 9. The quantitative estimate of drug-likeness (QED) is 0.379. The number of alkyl halides is 2. The molecule has 5 aliphatic rings. The molecule has 5 amide bonds. The second-order valence-corrected chi connectivity index (χ2v) is 17.4. The summed E-state index contributed by atoms with van der Waals surface area (Å²) in [4.78, 5) is 70.4. The number of carbonyl (C=O) groups is 5. The Morgan fingerprint density at radius 1 is 1.06 bits per heavy atom. The number of nitrogens with zero attached hydrogens (tertiary/aromatic N) is 2. The molecular formula is C35H44F3N5O9S. The van der Waals surface area contributed by atoms with Crippen molar-refractivity contribution in [2.45, 2.75) is 126 Å². The molecule has 2 saturated carbocycles. The molecule has 18 heteroatoms. The van der Waals surface area contributed by atoms with Crippen LogP contribution in [-0.4, -0.2) is 95.2 Å². The van der Waals surface area contributed by atoms with Crippen LogP contribution in [0, 0.1) is 11.7 Å². The van der Waals surface area contributed by atoms with E-state index in [0.717, 1.165) is 4.90 Å². The number of nitrogens with one attached hydrogen (secondary N) is 3. The highest BCUT2D eigenvalue weighted by Crippen LogP contribution is 2.46. The number of carbonyl (C=O) groups excluding carboxylic acids is 5. The highest BCUT2D eigenvalue weighted by atomic mass is 32.2. The molecule has 5 atom stereocenters. The van der Waals surface area contributed by atoms with Crippen molar-refractivity contribution in [1.82, 2.24) is 25.2 Å². The monoisotopic (exact) mass is 767 g/mol. The van der Waals surface area contributed by atoms with E-state index in [2.05, 4.69) is 15.4 Å². The molecule has 0 bridgehead atoms. The number of hydrogen-bond donors (Lipinski definition) is 3. The SMILES string of the molecule is CC(C)(C)OC(=O)N[C@H]1CCC(F)(F)CC/C=C\[C@@H]2C[C@@]2(C(=O)NS(=O)(=O)C2CC2)NC(=O)[C@@H]2C[C@@H](OC(=O)N3Cc4cccc(F)c4C3)CN2C1=O. The second-order valence-electron chi connectivity index (χ2n) is 15.5. The van der Waals surface area contributed by atoms with Crippen molar-refractivity contribution < 1.29 is 55.0 Å². The zero-order valence-electron chi connectivity index (χ0n) is 29.7. The molecule has 1 aromatic rings. The van der Waals surface area contributed by atoms with Crippen LogP contribution in [0.3, 0.4) is 0 Å². The van der Waals surface area contributed by atoms with E-state index in [1.54, 1.807) is 26.8 Å². The van der Waals surface area contributed by atoms with E-state index >= 15 is 8.78 Å². The fraction of sp³-hybridized carbons (Fsp3) is 0.629. The Labute approximate surface area is 305 Å². The van der Waals surface area contributed by atoms with Crippen molar-refractivity contribution in [3.63, 3.8) is 0 Å². The lowest BCUT2D eigenvalue weighted by Crippen LogP contribution is -2.58. The number of alkyl carbamates (subject to hydrolysis) is 1. The Kier molecular flexibility index (Phi) is 10.2. The fourth-order valence-electron chi connectivity index (χ4n) is 7.01. The van der Waals surface area contributed by atoms with Gasteiger partial charge in [0.2, 0.25) is 27.8 Å². The molecule has 290 valence electrons. The molecule has 0 radical (unpaired) electrons. The zero-order valence-corrected chi connectivity index (χ0v) is 30.5. The van der Waals surface area contributed by atoms with Crippen molar-refractivity contribution in [2.24, 2.45) is 5.92 Å². The Balaban J connectivity index is 1.28. The Morgan fingerprint density at radius 2 is 1.79 bits per heavy atom. The summed E-state index contributed by atoms with van der Waals surface area (Å²) in [5.74, 6) is -7.31. The van der Waals surface area contributed by atoms with Crippen LogP contribution < -0.4 is 15.4 Å². The van der Waals surface area contributed by atoms with Gasteiger partial charge >= 0.3 is 12.2 Å². The van der Waals surface area contributed by atoms with Crippen molar-refractivity contribution in [1.29, 1.82) is 0 Å². The molecule has 3 fully saturated rings. The third-order valence-electron chi connectivity index (χ3n) is 10.1. The molecule has 0 unspecified atom stereocenters. The molecule has 1 saturated heterocycles. The average molecular weight is 768 g/mol. The molecule has 3 aliphatic heterocycles. The summed E-state index contributed by atoms with van der Waals surface area (Å²) in [6.45, 7) is 4.31. The number of allylic oxidation sites excluding steroid dienone is 1. The molecule has 1 aromatic carbocycles. The van der Waals surface area contributed by atoms with Crippen molar-refractivity contribution >= 4 is 39.9 Å². The first-order valence-corrected chi connectivity index (χ1v) is 19.3. The van der Waals surface area contributed by atoms with Gasteiger partial charge in [-0.2, -0.15) is 0 Å². The van der Waals surface area contributed by atoms with Crippen LogP contribution >= 0.6 is 0 Å². The van der Waals surface area contributed by atoms with Crippen LogP contribution in [0.15, 0.2) is 30.4 Å². The number of amides is 5. The number of benzene rings is 1. The zero-order chi connectivity index (χ0) is 38.5. The van der Waals surface area contributed by atoms with E-state index in [1.165, 1.54) is 29.2 Å². The summed E-state index contributed by atoms with van der Waals surface area (Å²) in [6, 6.07) is 1.43. The standard InChI is InChI=1S/C35H44F3N5O9S/c1-33(2,3)52-31(47)39-26-12-14-34(37,38)13-5-4-8-21-16-35(21,30(46)41-53(49,50)23-10-11-23)40-28(44)27-15-22(18-43(27)29(26)45)51-32(48)42-17-20-7-6-9-25(36)24(20)19-42/h4,6-9,21-23,26-27H,5,10-19H2,1-3H3,(H,39,47)(H,40,44)(H,41,46)/b8-4-/t21-,22-,26+,27+,35-/m1/s1. The van der Waals surface area contributed by atoms with E-state index in [1.807, 2.05) is 0 Å². The van der Waals surface area contributed by atoms with Crippen molar-refractivity contribution in [3.8, 4) is 0 Å². The maximum Gasteiger partial charge on any atom is 0.410 e. The number of sulfonamides is 1. The van der Waals surface area contributed by atoms with E-state index in [9.17, 15) is 36.8 Å². The Morgan fingerprint density at radius 3 is 2.47 bits per heavy atom. The van der Waals surface area contributed by atoms with Gasteiger partial charge in [0.25, 0.3) is 5.91 Å². The average Bonchev–Trinajstić information content (AvgIpc) is 3.94. The summed E-state index contributed by atoms with van der Waals surface area (Å²) in [6.07, 6.45) is -1.76. The van der Waals surface area contributed by atoms with Crippen molar-refractivity contribution in [2.75, 3.05) is 6.54 Å². The predicted molar refractivity (Wildman–Crippen MR) is 181 cm³/mol. The molecule has 2 aliphatic carbocycles. The molecule has 6 rings (SSSR count). The summed E-state index contributed by atoms with van der Waals surface area (Å²) in [5, 5.41) is 4.27. The van der Waals surface area contributed by atoms with E-state index < -0.39 is 111 Å². The van der Waals surface area contributed by atoms with Crippen LogP contribution in [0.1, 0.15) is 83.3 Å². The number of fused-ring (bicyclic) bond motifs is 3. The van der Waals surface area contributed by atoms with Crippen molar-refractivity contribution in [3.05, 3.63) is 47.3 Å². The van der Waals surface area contributed by atoms with Crippen LogP contribution in [0.5, 0.6) is 0 Å². The minimum absolute atomic E-state index is 0.0361. The maximum absolute atomic E-state index is 15.2. The third-order valence-corrected chi connectivity index (χ3v) is 11.9. The summed E-state index contributed by atoms with van der Waals surface area (Å²) < 4.78 is 83.2. The maximum atomic E-state index is 15.2. The molecule has 0 spiro atoms. The molecule has 53 heavy (non-hydrogen) atoms. The third kappa shape index (κ3) is 8.73. The minimum atomic E-state index is -4.03. The molecular weight excluding hydrogens is 723 g/mol. The highest BCUT2D eigenvalue weighted by molar-refractivity contribution is 7.91. The summed E-state index contributed by atoms with van der Waals surface area (Å²) in [5.41, 5.74) is -1.85. The smallest absolute Gasteiger partial charge is 0.410 e. The lowest BCUT2D eigenvalue weighted by atomic mass is 10.0. The van der Waals surface area contributed by atoms with Crippen LogP contribution in [0.2, 0.25) is 0 Å². The minimum Gasteiger partial charge on any atom is -0.444 e. The van der Waals surface area contributed by atoms with Gasteiger partial charge in [0.1, 0.15) is 35.1 Å². The largest absolute Gasteiger partial charge is 0.444 e. The van der Waals surface area contributed by atoms with Gasteiger partial charge in [-0.05, 0) is 64.5 Å². The second kappa shape index (κ2) is 14.1. The van der Waals surface area contributed by atoms with Gasteiger partial charge in [-0.1, -0.05) is 24.3 Å². The normalized spacial score (nSPS) is 29.3. The molecule has 3 N–H and O–H groups in total. The molecule has 0 aromatic heterocycles. The van der Waals surface area contributed by atoms with Gasteiger partial charge < -0.3 is 25.0 Å². The first-order valence-electron chi connectivity index (χ1n) is 17.7. The van der Waals surface area contributed by atoms with E-state index in [4.69, 9.17) is 9.47 Å². The molecule has 14 nitrogen and oxygen atoms in total. The summed E-state index contributed by atoms with van der Waals surface area (Å²) in [7, 11) is -4.03. The van der Waals surface area contributed by atoms with E-state index in [0.29, 0.717) is 24.0 Å². The predicted octanol–water partition coefficient (Wildman–Crippen LogP) is 3.39. The highest BCUT2D eigenvalue weighted by Gasteiger charge is 2.62. The van der Waals surface area contributed by atoms with Gasteiger partial charge in [-0.15, -0.1) is 0 Å². The lowest BCUT2D eigenvalue weighted by molar-refractivity contribution is -0.141.